The predicted molar refractivity (Wildman–Crippen MR) is 63.6 cm³/mol. The van der Waals surface area contributed by atoms with Gasteiger partial charge < -0.3 is 15.2 Å². The van der Waals surface area contributed by atoms with Gasteiger partial charge in [0.1, 0.15) is 11.9 Å². The summed E-state index contributed by atoms with van der Waals surface area (Å²) >= 11 is 0. The molecule has 3 heteroatoms. The number of benzene rings is 1. The summed E-state index contributed by atoms with van der Waals surface area (Å²) in [4.78, 5) is 0. The Morgan fingerprint density at radius 1 is 1.25 bits per heavy atom. The second-order valence-corrected chi connectivity index (χ2v) is 4.18. The van der Waals surface area contributed by atoms with Crippen LogP contribution in [0.4, 0.5) is 0 Å². The maximum Gasteiger partial charge on any atom is 0.119 e. The van der Waals surface area contributed by atoms with Crippen molar-refractivity contribution < 1.29 is 9.84 Å². The van der Waals surface area contributed by atoms with Crippen LogP contribution in [0.5, 0.6) is 5.75 Å². The summed E-state index contributed by atoms with van der Waals surface area (Å²) in [6.45, 7) is 0.841. The fraction of sp³-hybridized carbons (Fsp3) is 0.538. The van der Waals surface area contributed by atoms with E-state index < -0.39 is 0 Å². The molecular weight excluding hydrogens is 202 g/mol. The molecule has 0 heterocycles. The number of rotatable bonds is 5. The van der Waals surface area contributed by atoms with Gasteiger partial charge in [-0.25, -0.2) is 0 Å². The molecule has 1 aliphatic rings. The molecule has 1 fully saturated rings. The lowest BCUT2D eigenvalue weighted by atomic mass is 10.2. The highest BCUT2D eigenvalue weighted by Crippen LogP contribution is 2.24. The Morgan fingerprint density at radius 2 is 2.06 bits per heavy atom. The number of ether oxygens (including phenoxy) is 1. The molecule has 2 atom stereocenters. The van der Waals surface area contributed by atoms with Crippen molar-refractivity contribution in [3.63, 3.8) is 0 Å². The molecule has 2 N–H and O–H groups in total. The van der Waals surface area contributed by atoms with Crippen LogP contribution < -0.4 is 10.1 Å². The van der Waals surface area contributed by atoms with Crippen molar-refractivity contribution in [1.29, 1.82) is 0 Å². The number of nitrogens with one attached hydrogen (secondary N) is 1. The maximum atomic E-state index is 8.80. The summed E-state index contributed by atoms with van der Waals surface area (Å²) < 4.78 is 5.94. The van der Waals surface area contributed by atoms with Gasteiger partial charge in [0, 0.05) is 12.6 Å². The zero-order valence-corrected chi connectivity index (χ0v) is 9.43. The van der Waals surface area contributed by atoms with E-state index in [1.54, 1.807) is 0 Å². The Balaban J connectivity index is 1.88. The van der Waals surface area contributed by atoms with Crippen molar-refractivity contribution in [2.75, 3.05) is 13.2 Å². The third-order valence-corrected chi connectivity index (χ3v) is 3.00. The van der Waals surface area contributed by atoms with Crippen molar-refractivity contribution >= 4 is 0 Å². The lowest BCUT2D eigenvalue weighted by Gasteiger charge is -2.22. The molecule has 0 saturated heterocycles. The van der Waals surface area contributed by atoms with Gasteiger partial charge in [-0.05, 0) is 31.4 Å². The first-order valence-corrected chi connectivity index (χ1v) is 5.96. The summed E-state index contributed by atoms with van der Waals surface area (Å²) in [5, 5.41) is 12.1. The molecule has 0 amide bonds. The fourth-order valence-corrected chi connectivity index (χ4v) is 2.22. The Hall–Kier alpha value is -1.06. The fourth-order valence-electron chi connectivity index (χ4n) is 2.22. The molecule has 0 spiro atoms. The van der Waals surface area contributed by atoms with Crippen molar-refractivity contribution in [3.8, 4) is 5.75 Å². The zero-order chi connectivity index (χ0) is 11.2. The molecule has 0 aliphatic heterocycles. The van der Waals surface area contributed by atoms with E-state index in [1.807, 2.05) is 30.3 Å². The quantitative estimate of drug-likeness (QED) is 0.793. The average molecular weight is 221 g/mol. The topological polar surface area (TPSA) is 41.5 Å². The highest BCUT2D eigenvalue weighted by atomic mass is 16.5. The van der Waals surface area contributed by atoms with Gasteiger partial charge in [0.2, 0.25) is 0 Å². The number of hydrogen-bond acceptors (Lipinski definition) is 3. The predicted octanol–water partition coefficient (Wildman–Crippen LogP) is 1.57. The third-order valence-electron chi connectivity index (χ3n) is 3.00. The lowest BCUT2D eigenvalue weighted by molar-refractivity contribution is 0.169. The van der Waals surface area contributed by atoms with Crippen LogP contribution in [0.3, 0.4) is 0 Å². The van der Waals surface area contributed by atoms with E-state index in [9.17, 15) is 0 Å². The molecule has 3 nitrogen and oxygen atoms in total. The number of aliphatic hydroxyl groups is 1. The Kier molecular flexibility index (Phi) is 4.19. The van der Waals surface area contributed by atoms with Crippen molar-refractivity contribution in [1.82, 2.24) is 5.32 Å². The molecule has 0 bridgehead atoms. The van der Waals surface area contributed by atoms with Crippen LogP contribution in [0, 0.1) is 0 Å². The minimum absolute atomic E-state index is 0.189. The molecule has 88 valence electrons. The van der Waals surface area contributed by atoms with Gasteiger partial charge in [0.05, 0.1) is 6.61 Å². The molecule has 16 heavy (non-hydrogen) atoms. The van der Waals surface area contributed by atoms with Crippen LogP contribution in [-0.4, -0.2) is 30.4 Å². The van der Waals surface area contributed by atoms with E-state index in [1.165, 1.54) is 6.42 Å². The van der Waals surface area contributed by atoms with E-state index in [4.69, 9.17) is 9.84 Å². The summed E-state index contributed by atoms with van der Waals surface area (Å²) in [5.74, 6) is 0.935. The molecule has 0 aromatic heterocycles. The normalized spacial score (nSPS) is 24.6. The monoisotopic (exact) mass is 221 g/mol. The van der Waals surface area contributed by atoms with Gasteiger partial charge in [-0.3, -0.25) is 0 Å². The second-order valence-electron chi connectivity index (χ2n) is 4.18. The first kappa shape index (κ1) is 11.4. The van der Waals surface area contributed by atoms with Crippen LogP contribution in [0.2, 0.25) is 0 Å². The maximum absolute atomic E-state index is 8.80. The molecular formula is C13H19NO2. The van der Waals surface area contributed by atoms with E-state index in [2.05, 4.69) is 5.32 Å². The molecule has 1 aromatic carbocycles. The first-order valence-electron chi connectivity index (χ1n) is 5.96. The highest BCUT2D eigenvalue weighted by molar-refractivity contribution is 5.21. The number of para-hydroxylation sites is 1. The van der Waals surface area contributed by atoms with Crippen molar-refractivity contribution in [3.05, 3.63) is 30.3 Å². The van der Waals surface area contributed by atoms with Gasteiger partial charge in [-0.1, -0.05) is 18.2 Å². The molecule has 1 saturated carbocycles. The standard InChI is InChI=1S/C13H19NO2/c15-10-9-14-12-7-4-8-13(12)16-11-5-2-1-3-6-11/h1-3,5-6,12-15H,4,7-10H2/t12-,13-/m0/s1. The van der Waals surface area contributed by atoms with Crippen LogP contribution >= 0.6 is 0 Å². The minimum atomic E-state index is 0.189. The van der Waals surface area contributed by atoms with Crippen LogP contribution in [0.15, 0.2) is 30.3 Å². The van der Waals surface area contributed by atoms with Crippen LogP contribution in [0.25, 0.3) is 0 Å². The first-order chi connectivity index (χ1) is 7.90. The SMILES string of the molecule is OCCN[C@H]1CCC[C@@H]1Oc1ccccc1. The second kappa shape index (κ2) is 5.87. The van der Waals surface area contributed by atoms with Crippen LogP contribution in [-0.2, 0) is 0 Å². The van der Waals surface area contributed by atoms with Gasteiger partial charge in [-0.2, -0.15) is 0 Å². The smallest absolute Gasteiger partial charge is 0.119 e. The molecule has 2 rings (SSSR count). The lowest BCUT2D eigenvalue weighted by Crippen LogP contribution is -2.40. The highest BCUT2D eigenvalue weighted by Gasteiger charge is 2.28. The average Bonchev–Trinajstić information content (AvgIpc) is 2.75. The van der Waals surface area contributed by atoms with Gasteiger partial charge in [0.15, 0.2) is 0 Å². The molecule has 0 unspecified atom stereocenters. The van der Waals surface area contributed by atoms with Crippen LogP contribution in [0.1, 0.15) is 19.3 Å². The summed E-state index contributed by atoms with van der Waals surface area (Å²) in [5.41, 5.74) is 0. The number of aliphatic hydroxyl groups excluding tert-OH is 1. The summed E-state index contributed by atoms with van der Waals surface area (Å²) in [7, 11) is 0. The largest absolute Gasteiger partial charge is 0.489 e. The van der Waals surface area contributed by atoms with E-state index >= 15 is 0 Å². The molecule has 0 radical (unpaired) electrons. The third kappa shape index (κ3) is 2.97. The van der Waals surface area contributed by atoms with E-state index in [0.717, 1.165) is 18.6 Å². The van der Waals surface area contributed by atoms with E-state index in [0.29, 0.717) is 12.6 Å². The van der Waals surface area contributed by atoms with Gasteiger partial charge in [0.25, 0.3) is 0 Å². The number of hydrogen-bond donors (Lipinski definition) is 2. The summed E-state index contributed by atoms with van der Waals surface area (Å²) in [6.07, 6.45) is 3.67. The molecule has 1 aromatic rings. The Bertz CT molecular complexity index is 302. The van der Waals surface area contributed by atoms with Gasteiger partial charge in [-0.15, -0.1) is 0 Å². The van der Waals surface area contributed by atoms with E-state index in [-0.39, 0.29) is 12.7 Å². The Morgan fingerprint density at radius 3 is 2.81 bits per heavy atom. The molecule has 1 aliphatic carbocycles. The summed E-state index contributed by atoms with van der Waals surface area (Å²) in [6, 6.07) is 10.3. The Labute approximate surface area is 96.4 Å². The van der Waals surface area contributed by atoms with Crippen molar-refractivity contribution in [2.45, 2.75) is 31.4 Å². The minimum Gasteiger partial charge on any atom is -0.489 e. The zero-order valence-electron chi connectivity index (χ0n) is 9.43. The van der Waals surface area contributed by atoms with Gasteiger partial charge >= 0.3 is 0 Å². The van der Waals surface area contributed by atoms with Crippen molar-refractivity contribution in [2.24, 2.45) is 0 Å².